The molecule has 0 aliphatic carbocycles. The molecule has 2 aliphatic rings. The van der Waals surface area contributed by atoms with Gasteiger partial charge in [-0.15, -0.1) is 0 Å². The molecule has 2 aromatic carbocycles. The van der Waals surface area contributed by atoms with Crippen LogP contribution < -0.4 is 0 Å². The van der Waals surface area contributed by atoms with E-state index in [-0.39, 0.29) is 11.9 Å². The molecule has 0 aromatic heterocycles. The number of carbonyl (C=O) groups is 1. The average Bonchev–Trinajstić information content (AvgIpc) is 2.74. The second kappa shape index (κ2) is 3.68. The molecule has 19 heavy (non-hydrogen) atoms. The summed E-state index contributed by atoms with van der Waals surface area (Å²) in [5, 5.41) is 10.6. The summed E-state index contributed by atoms with van der Waals surface area (Å²) in [6, 6.07) is 15.1. The average molecular weight is 251 g/mol. The molecule has 3 heteroatoms. The molecule has 0 bridgehead atoms. The number of carbonyl (C=O) groups excluding carboxylic acids is 1. The summed E-state index contributed by atoms with van der Waals surface area (Å²) >= 11 is 0. The molecule has 0 unspecified atom stereocenters. The summed E-state index contributed by atoms with van der Waals surface area (Å²) in [5.41, 5.74) is 3.63. The Bertz CT molecular complexity index is 680. The second-order valence-electron chi connectivity index (χ2n) is 5.11. The third-order valence-corrected chi connectivity index (χ3v) is 4.12. The SMILES string of the molecule is O=C1c2ccccc2[C@@H]2[C@@H](O)c3ccccc3CN12. The monoisotopic (exact) mass is 251 g/mol. The second-order valence-corrected chi connectivity index (χ2v) is 5.11. The van der Waals surface area contributed by atoms with Gasteiger partial charge in [0, 0.05) is 12.1 Å². The minimum Gasteiger partial charge on any atom is -0.386 e. The highest BCUT2D eigenvalue weighted by molar-refractivity contribution is 5.99. The van der Waals surface area contributed by atoms with Gasteiger partial charge in [0.25, 0.3) is 5.91 Å². The van der Waals surface area contributed by atoms with Crippen LogP contribution in [0.4, 0.5) is 0 Å². The van der Waals surface area contributed by atoms with E-state index in [0.29, 0.717) is 6.54 Å². The number of fused-ring (bicyclic) bond motifs is 4. The van der Waals surface area contributed by atoms with Gasteiger partial charge in [-0.3, -0.25) is 4.79 Å². The predicted octanol–water partition coefficient (Wildman–Crippen LogP) is 2.43. The number of nitrogens with zero attached hydrogens (tertiary/aromatic N) is 1. The summed E-state index contributed by atoms with van der Waals surface area (Å²) in [6.07, 6.45) is -0.641. The van der Waals surface area contributed by atoms with Gasteiger partial charge in [0.05, 0.1) is 6.04 Å². The molecule has 0 radical (unpaired) electrons. The van der Waals surface area contributed by atoms with Crippen LogP contribution in [0.15, 0.2) is 48.5 Å². The van der Waals surface area contributed by atoms with Crippen LogP contribution in [0.3, 0.4) is 0 Å². The van der Waals surface area contributed by atoms with E-state index in [1.165, 1.54) is 0 Å². The molecule has 2 aliphatic heterocycles. The third kappa shape index (κ3) is 1.33. The standard InChI is InChI=1S/C16H13NO2/c18-15-11-6-2-1-5-10(11)9-17-14(15)12-7-3-4-8-13(12)16(17)19/h1-8,14-15,18H,9H2/t14-,15+/m1/s1. The first kappa shape index (κ1) is 10.8. The summed E-state index contributed by atoms with van der Waals surface area (Å²) in [5.74, 6) is 0.0224. The highest BCUT2D eigenvalue weighted by atomic mass is 16.3. The molecular formula is C16H13NO2. The van der Waals surface area contributed by atoms with Crippen LogP contribution >= 0.6 is 0 Å². The van der Waals surface area contributed by atoms with Crippen LogP contribution in [0.5, 0.6) is 0 Å². The summed E-state index contributed by atoms with van der Waals surface area (Å²) < 4.78 is 0. The van der Waals surface area contributed by atoms with Gasteiger partial charge >= 0.3 is 0 Å². The van der Waals surface area contributed by atoms with Crippen molar-refractivity contribution >= 4 is 5.91 Å². The van der Waals surface area contributed by atoms with Gasteiger partial charge in [0.2, 0.25) is 0 Å². The molecule has 0 saturated heterocycles. The molecule has 4 rings (SSSR count). The summed E-state index contributed by atoms with van der Waals surface area (Å²) in [7, 11) is 0. The fourth-order valence-electron chi connectivity index (χ4n) is 3.23. The predicted molar refractivity (Wildman–Crippen MR) is 70.5 cm³/mol. The zero-order valence-electron chi connectivity index (χ0n) is 10.3. The van der Waals surface area contributed by atoms with E-state index in [1.807, 2.05) is 48.5 Å². The third-order valence-electron chi connectivity index (χ3n) is 4.12. The van der Waals surface area contributed by atoms with E-state index in [4.69, 9.17) is 0 Å². The number of rotatable bonds is 0. The topological polar surface area (TPSA) is 40.5 Å². The van der Waals surface area contributed by atoms with E-state index in [1.54, 1.807) is 4.90 Å². The van der Waals surface area contributed by atoms with Gasteiger partial charge in [0.1, 0.15) is 6.10 Å². The molecule has 2 atom stereocenters. The Morgan fingerprint density at radius 1 is 1.00 bits per heavy atom. The first-order valence-corrected chi connectivity index (χ1v) is 6.43. The molecule has 3 nitrogen and oxygen atoms in total. The fourth-order valence-corrected chi connectivity index (χ4v) is 3.23. The van der Waals surface area contributed by atoms with Crippen molar-refractivity contribution in [2.45, 2.75) is 18.7 Å². The number of amides is 1. The number of hydrogen-bond acceptors (Lipinski definition) is 2. The van der Waals surface area contributed by atoms with Gasteiger partial charge in [0.15, 0.2) is 0 Å². The van der Waals surface area contributed by atoms with Crippen LogP contribution in [0.1, 0.15) is 39.2 Å². The largest absolute Gasteiger partial charge is 0.386 e. The number of benzene rings is 2. The van der Waals surface area contributed by atoms with E-state index >= 15 is 0 Å². The van der Waals surface area contributed by atoms with Crippen molar-refractivity contribution < 1.29 is 9.90 Å². The van der Waals surface area contributed by atoms with Crippen LogP contribution in [0.2, 0.25) is 0 Å². The van der Waals surface area contributed by atoms with Gasteiger partial charge in [-0.05, 0) is 22.8 Å². The minimum absolute atomic E-state index is 0.0224. The first-order valence-electron chi connectivity index (χ1n) is 6.43. The van der Waals surface area contributed by atoms with Crippen molar-refractivity contribution in [1.82, 2.24) is 4.90 Å². The Labute approximate surface area is 111 Å². The summed E-state index contributed by atoms with van der Waals surface area (Å²) in [4.78, 5) is 14.2. The Morgan fingerprint density at radius 3 is 2.53 bits per heavy atom. The number of aliphatic hydroxyl groups is 1. The zero-order chi connectivity index (χ0) is 13.0. The first-order chi connectivity index (χ1) is 9.27. The van der Waals surface area contributed by atoms with Crippen LogP contribution in [-0.2, 0) is 6.54 Å². The molecule has 1 N–H and O–H groups in total. The van der Waals surface area contributed by atoms with Crippen molar-refractivity contribution in [2.24, 2.45) is 0 Å². The lowest BCUT2D eigenvalue weighted by atomic mass is 9.89. The lowest BCUT2D eigenvalue weighted by molar-refractivity contribution is 0.0308. The maximum atomic E-state index is 12.4. The number of hydrogen-bond donors (Lipinski definition) is 1. The Balaban J connectivity index is 1.91. The molecule has 0 saturated carbocycles. The van der Waals surface area contributed by atoms with E-state index in [2.05, 4.69) is 0 Å². The van der Waals surface area contributed by atoms with E-state index < -0.39 is 6.10 Å². The van der Waals surface area contributed by atoms with Crippen molar-refractivity contribution in [3.05, 3.63) is 70.8 Å². The maximum absolute atomic E-state index is 12.4. The normalized spacial score (nSPS) is 23.8. The van der Waals surface area contributed by atoms with Crippen molar-refractivity contribution in [2.75, 3.05) is 0 Å². The van der Waals surface area contributed by atoms with Gasteiger partial charge in [-0.25, -0.2) is 0 Å². The van der Waals surface area contributed by atoms with Crippen molar-refractivity contribution in [3.63, 3.8) is 0 Å². The maximum Gasteiger partial charge on any atom is 0.255 e. The lowest BCUT2D eigenvalue weighted by Gasteiger charge is -2.35. The minimum atomic E-state index is -0.641. The van der Waals surface area contributed by atoms with Crippen molar-refractivity contribution in [1.29, 1.82) is 0 Å². The highest BCUT2D eigenvalue weighted by Crippen LogP contribution is 2.46. The van der Waals surface area contributed by atoms with Gasteiger partial charge in [-0.2, -0.15) is 0 Å². The van der Waals surface area contributed by atoms with E-state index in [9.17, 15) is 9.90 Å². The molecule has 0 spiro atoms. The zero-order valence-corrected chi connectivity index (χ0v) is 10.3. The Kier molecular flexibility index (Phi) is 2.09. The molecule has 1 amide bonds. The molecule has 94 valence electrons. The number of aliphatic hydroxyl groups excluding tert-OH is 1. The lowest BCUT2D eigenvalue weighted by Crippen LogP contribution is -2.35. The van der Waals surface area contributed by atoms with E-state index in [0.717, 1.165) is 22.3 Å². The molecule has 0 fully saturated rings. The Morgan fingerprint density at radius 2 is 1.68 bits per heavy atom. The fraction of sp³-hybridized carbons (Fsp3) is 0.188. The van der Waals surface area contributed by atoms with Crippen LogP contribution in [-0.4, -0.2) is 15.9 Å². The molecule has 2 aromatic rings. The smallest absolute Gasteiger partial charge is 0.255 e. The van der Waals surface area contributed by atoms with Gasteiger partial charge < -0.3 is 10.0 Å². The highest BCUT2D eigenvalue weighted by Gasteiger charge is 2.44. The molecular weight excluding hydrogens is 238 g/mol. The van der Waals surface area contributed by atoms with Gasteiger partial charge in [-0.1, -0.05) is 42.5 Å². The van der Waals surface area contributed by atoms with Crippen LogP contribution in [0, 0.1) is 0 Å². The Hall–Kier alpha value is -2.13. The van der Waals surface area contributed by atoms with Crippen LogP contribution in [0.25, 0.3) is 0 Å². The quantitative estimate of drug-likeness (QED) is 0.781. The molecule has 2 heterocycles. The van der Waals surface area contributed by atoms with Crippen molar-refractivity contribution in [3.8, 4) is 0 Å². The summed E-state index contributed by atoms with van der Waals surface area (Å²) in [6.45, 7) is 0.575.